The standard InChI is InChI=1S/C27H55NO8/c1-18(13-25(2,3)4)10-11-36-24(34)28-19(15-35-16-22(32)21(31)14-29)20(30)12-23(33)27(8,9)17-26(5,6)7/h18-23,29-33H,10-17H2,1-9H3,(H,28,34). The molecule has 0 rings (SSSR count). The number of hydrogen-bond acceptors (Lipinski definition) is 8. The van der Waals surface area contributed by atoms with Gasteiger partial charge in [0.25, 0.3) is 0 Å². The molecule has 6 atom stereocenters. The minimum Gasteiger partial charge on any atom is -0.450 e. The molecule has 0 saturated heterocycles. The van der Waals surface area contributed by atoms with Crippen molar-refractivity contribution >= 4 is 6.09 Å². The molecule has 216 valence electrons. The van der Waals surface area contributed by atoms with Crippen LogP contribution in [0.25, 0.3) is 0 Å². The van der Waals surface area contributed by atoms with Crippen molar-refractivity contribution in [2.45, 2.75) is 118 Å². The average Bonchev–Trinajstić information content (AvgIpc) is 2.68. The predicted octanol–water partition coefficient (Wildman–Crippen LogP) is 2.85. The van der Waals surface area contributed by atoms with Gasteiger partial charge in [-0.1, -0.05) is 62.3 Å². The van der Waals surface area contributed by atoms with E-state index in [9.17, 15) is 25.2 Å². The molecule has 0 bridgehead atoms. The van der Waals surface area contributed by atoms with Gasteiger partial charge in [-0.15, -0.1) is 0 Å². The normalized spacial score (nSPS) is 18.2. The highest BCUT2D eigenvalue weighted by Crippen LogP contribution is 2.37. The number of alkyl carbamates (subject to hydrolysis) is 1. The van der Waals surface area contributed by atoms with Gasteiger partial charge in [0.05, 0.1) is 44.7 Å². The second-order valence-electron chi connectivity index (χ2n) is 13.4. The second kappa shape index (κ2) is 15.4. The zero-order valence-corrected chi connectivity index (χ0v) is 24.1. The van der Waals surface area contributed by atoms with Gasteiger partial charge in [-0.05, 0) is 41.4 Å². The first kappa shape index (κ1) is 35.0. The van der Waals surface area contributed by atoms with Crippen LogP contribution in [-0.4, -0.2) is 88.5 Å². The summed E-state index contributed by atoms with van der Waals surface area (Å²) in [6, 6.07) is -0.914. The van der Waals surface area contributed by atoms with E-state index < -0.39 is 48.6 Å². The molecule has 9 heteroatoms. The van der Waals surface area contributed by atoms with Crippen LogP contribution < -0.4 is 5.32 Å². The summed E-state index contributed by atoms with van der Waals surface area (Å²) in [5.74, 6) is 0.377. The molecule has 0 aromatic carbocycles. The summed E-state index contributed by atoms with van der Waals surface area (Å²) in [6.45, 7) is 17.9. The largest absolute Gasteiger partial charge is 0.450 e. The van der Waals surface area contributed by atoms with E-state index in [4.69, 9.17) is 14.6 Å². The highest BCUT2D eigenvalue weighted by atomic mass is 16.5. The van der Waals surface area contributed by atoms with Crippen LogP contribution in [0.3, 0.4) is 0 Å². The van der Waals surface area contributed by atoms with Crippen molar-refractivity contribution in [2.24, 2.45) is 22.2 Å². The highest BCUT2D eigenvalue weighted by molar-refractivity contribution is 5.67. The Bertz CT molecular complexity index is 614. The lowest BCUT2D eigenvalue weighted by Crippen LogP contribution is -2.49. The highest BCUT2D eigenvalue weighted by Gasteiger charge is 2.35. The molecular formula is C27H55NO8. The zero-order chi connectivity index (χ0) is 28.3. The third-order valence-electron chi connectivity index (χ3n) is 6.14. The van der Waals surface area contributed by atoms with E-state index in [0.717, 1.165) is 12.8 Å². The van der Waals surface area contributed by atoms with E-state index in [1.54, 1.807) is 0 Å². The van der Waals surface area contributed by atoms with Gasteiger partial charge in [0.1, 0.15) is 12.2 Å². The van der Waals surface area contributed by atoms with E-state index >= 15 is 0 Å². The first-order chi connectivity index (χ1) is 16.3. The van der Waals surface area contributed by atoms with Gasteiger partial charge in [0, 0.05) is 6.42 Å². The fraction of sp³-hybridized carbons (Fsp3) is 0.963. The van der Waals surface area contributed by atoms with Gasteiger partial charge in [-0.2, -0.15) is 0 Å². The van der Waals surface area contributed by atoms with Crippen molar-refractivity contribution in [3.8, 4) is 0 Å². The second-order valence-corrected chi connectivity index (χ2v) is 13.4. The van der Waals surface area contributed by atoms with Crippen LogP contribution in [0.2, 0.25) is 0 Å². The van der Waals surface area contributed by atoms with Crippen molar-refractivity contribution in [1.29, 1.82) is 0 Å². The van der Waals surface area contributed by atoms with E-state index in [2.05, 4.69) is 53.8 Å². The first-order valence-corrected chi connectivity index (χ1v) is 13.1. The Morgan fingerprint density at radius 3 is 1.94 bits per heavy atom. The molecule has 0 radical (unpaired) electrons. The average molecular weight is 522 g/mol. The predicted molar refractivity (Wildman–Crippen MR) is 141 cm³/mol. The maximum absolute atomic E-state index is 12.5. The summed E-state index contributed by atoms with van der Waals surface area (Å²) in [5.41, 5.74) is -0.312. The van der Waals surface area contributed by atoms with Crippen molar-refractivity contribution in [2.75, 3.05) is 26.4 Å². The number of nitrogens with one attached hydrogen (secondary N) is 1. The van der Waals surface area contributed by atoms with E-state index in [1.807, 2.05) is 13.8 Å². The fourth-order valence-corrected chi connectivity index (χ4v) is 4.69. The number of ether oxygens (including phenoxy) is 2. The lowest BCUT2D eigenvalue weighted by atomic mass is 9.71. The van der Waals surface area contributed by atoms with Gasteiger partial charge < -0.3 is 40.3 Å². The minimum atomic E-state index is -1.36. The molecule has 6 unspecified atom stereocenters. The summed E-state index contributed by atoms with van der Waals surface area (Å²) in [7, 11) is 0. The Kier molecular flexibility index (Phi) is 15.0. The van der Waals surface area contributed by atoms with Crippen LogP contribution >= 0.6 is 0 Å². The molecule has 9 nitrogen and oxygen atoms in total. The molecule has 0 saturated carbocycles. The smallest absolute Gasteiger partial charge is 0.407 e. The third kappa shape index (κ3) is 16.0. The van der Waals surface area contributed by atoms with Crippen molar-refractivity contribution in [1.82, 2.24) is 5.32 Å². The van der Waals surface area contributed by atoms with Crippen molar-refractivity contribution in [3.05, 3.63) is 0 Å². The lowest BCUT2D eigenvalue weighted by molar-refractivity contribution is -0.0694. The lowest BCUT2D eigenvalue weighted by Gasteiger charge is -2.38. The van der Waals surface area contributed by atoms with Gasteiger partial charge in [-0.3, -0.25) is 0 Å². The Balaban J connectivity index is 5.11. The Morgan fingerprint density at radius 2 is 1.44 bits per heavy atom. The molecule has 0 aliphatic rings. The molecule has 0 aliphatic carbocycles. The molecule has 0 heterocycles. The number of rotatable bonds is 16. The van der Waals surface area contributed by atoms with Gasteiger partial charge >= 0.3 is 6.09 Å². The molecule has 0 fully saturated rings. The van der Waals surface area contributed by atoms with Crippen LogP contribution in [0.5, 0.6) is 0 Å². The molecular weight excluding hydrogens is 466 g/mol. The third-order valence-corrected chi connectivity index (χ3v) is 6.14. The fourth-order valence-electron chi connectivity index (χ4n) is 4.69. The van der Waals surface area contributed by atoms with E-state index in [0.29, 0.717) is 12.3 Å². The van der Waals surface area contributed by atoms with Gasteiger partial charge in [0.15, 0.2) is 0 Å². The van der Waals surface area contributed by atoms with Crippen molar-refractivity contribution < 1.29 is 39.8 Å². The molecule has 6 N–H and O–H groups in total. The molecule has 0 aromatic heterocycles. The monoisotopic (exact) mass is 521 g/mol. The SMILES string of the molecule is CC(CCOC(=O)NC(COCC(O)C(O)CO)C(O)CC(O)C(C)(C)CC(C)(C)C)CC(C)(C)C. The molecule has 0 aliphatic heterocycles. The minimum absolute atomic E-state index is 0.00181. The first-order valence-electron chi connectivity index (χ1n) is 13.1. The quantitative estimate of drug-likeness (QED) is 0.182. The molecule has 1 amide bonds. The topological polar surface area (TPSA) is 149 Å². The van der Waals surface area contributed by atoms with Crippen molar-refractivity contribution in [3.63, 3.8) is 0 Å². The summed E-state index contributed by atoms with van der Waals surface area (Å²) in [4.78, 5) is 12.5. The Hall–Kier alpha value is -0.970. The summed E-state index contributed by atoms with van der Waals surface area (Å²) in [6.07, 6.45) is -2.94. The summed E-state index contributed by atoms with van der Waals surface area (Å²) in [5, 5.41) is 52.6. The Morgan fingerprint density at radius 1 is 0.861 bits per heavy atom. The maximum Gasteiger partial charge on any atom is 0.407 e. The number of amides is 1. The molecule has 36 heavy (non-hydrogen) atoms. The van der Waals surface area contributed by atoms with Crippen LogP contribution in [-0.2, 0) is 9.47 Å². The summed E-state index contributed by atoms with van der Waals surface area (Å²) < 4.78 is 10.7. The number of carbonyl (C=O) groups is 1. The van der Waals surface area contributed by atoms with Gasteiger partial charge in [0.2, 0.25) is 0 Å². The number of carbonyl (C=O) groups excluding carboxylic acids is 1. The van der Waals surface area contributed by atoms with Crippen LogP contribution in [0.15, 0.2) is 0 Å². The Labute approximate surface area is 218 Å². The maximum atomic E-state index is 12.5. The van der Waals surface area contributed by atoms with E-state index in [1.165, 1.54) is 0 Å². The van der Waals surface area contributed by atoms with Gasteiger partial charge in [-0.25, -0.2) is 4.79 Å². The molecule has 0 aromatic rings. The van der Waals surface area contributed by atoms with Crippen LogP contribution in [0, 0.1) is 22.2 Å². The van der Waals surface area contributed by atoms with Crippen LogP contribution in [0.4, 0.5) is 4.79 Å². The summed E-state index contributed by atoms with van der Waals surface area (Å²) >= 11 is 0. The number of hydrogen-bond donors (Lipinski definition) is 6. The van der Waals surface area contributed by atoms with Crippen LogP contribution in [0.1, 0.15) is 88.0 Å². The van der Waals surface area contributed by atoms with E-state index in [-0.39, 0.29) is 37.1 Å². The number of aliphatic hydroxyl groups excluding tert-OH is 5. The molecule has 0 spiro atoms. The zero-order valence-electron chi connectivity index (χ0n) is 24.1. The number of aliphatic hydroxyl groups is 5.